The molecule has 8 heteroatoms. The first-order valence-corrected chi connectivity index (χ1v) is 10.9. The molecule has 1 N–H and O–H groups in total. The van der Waals surface area contributed by atoms with Crippen molar-refractivity contribution in [3.05, 3.63) is 41.8 Å². The summed E-state index contributed by atoms with van der Waals surface area (Å²) < 4.78 is 32.3. The van der Waals surface area contributed by atoms with Gasteiger partial charge < -0.3 is 10.1 Å². The number of carbonyl (C=O) groups is 1. The molecular formula is C18H22N2O4S2. The molecule has 1 saturated heterocycles. The van der Waals surface area contributed by atoms with Crippen molar-refractivity contribution in [2.24, 2.45) is 5.92 Å². The Morgan fingerprint density at radius 1 is 1.27 bits per heavy atom. The quantitative estimate of drug-likeness (QED) is 0.816. The summed E-state index contributed by atoms with van der Waals surface area (Å²) in [6.07, 6.45) is 1.03. The first-order chi connectivity index (χ1) is 12.5. The molecule has 2 heterocycles. The summed E-state index contributed by atoms with van der Waals surface area (Å²) in [6.45, 7) is 3.19. The van der Waals surface area contributed by atoms with Gasteiger partial charge in [-0.1, -0.05) is 12.1 Å². The van der Waals surface area contributed by atoms with Crippen molar-refractivity contribution < 1.29 is 17.9 Å². The van der Waals surface area contributed by atoms with E-state index in [1.165, 1.54) is 15.6 Å². The predicted octanol–water partition coefficient (Wildman–Crippen LogP) is 3.19. The Kier molecular flexibility index (Phi) is 5.95. The Morgan fingerprint density at radius 2 is 2.04 bits per heavy atom. The van der Waals surface area contributed by atoms with Crippen molar-refractivity contribution in [2.75, 3.05) is 25.0 Å². The molecule has 1 aromatic carbocycles. The minimum absolute atomic E-state index is 0.0770. The van der Waals surface area contributed by atoms with Gasteiger partial charge in [0.1, 0.15) is 9.96 Å². The summed E-state index contributed by atoms with van der Waals surface area (Å²) >= 11 is 1.22. The fourth-order valence-electron chi connectivity index (χ4n) is 2.97. The highest BCUT2D eigenvalue weighted by atomic mass is 32.2. The molecule has 0 spiro atoms. The molecule has 1 amide bonds. The van der Waals surface area contributed by atoms with E-state index in [9.17, 15) is 13.2 Å². The third-order valence-electron chi connectivity index (χ3n) is 4.33. The Morgan fingerprint density at radius 3 is 2.69 bits per heavy atom. The Balaban J connectivity index is 1.58. The van der Waals surface area contributed by atoms with E-state index in [-0.39, 0.29) is 11.8 Å². The van der Waals surface area contributed by atoms with Crippen molar-refractivity contribution in [2.45, 2.75) is 24.0 Å². The van der Waals surface area contributed by atoms with Gasteiger partial charge in [0.2, 0.25) is 5.91 Å². The Labute approximate surface area is 157 Å². The number of amides is 1. The van der Waals surface area contributed by atoms with Crippen molar-refractivity contribution in [1.82, 2.24) is 4.31 Å². The topological polar surface area (TPSA) is 75.7 Å². The van der Waals surface area contributed by atoms with E-state index in [1.807, 2.05) is 25.1 Å². The molecule has 1 aliphatic heterocycles. The number of benzene rings is 1. The van der Waals surface area contributed by atoms with Crippen LogP contribution in [0.1, 0.15) is 19.8 Å². The van der Waals surface area contributed by atoms with Crippen LogP contribution in [0, 0.1) is 5.92 Å². The molecule has 1 aliphatic rings. The highest BCUT2D eigenvalue weighted by molar-refractivity contribution is 7.91. The van der Waals surface area contributed by atoms with Crippen LogP contribution >= 0.6 is 11.3 Å². The van der Waals surface area contributed by atoms with Crippen LogP contribution in [0.15, 0.2) is 46.0 Å². The van der Waals surface area contributed by atoms with Gasteiger partial charge >= 0.3 is 0 Å². The van der Waals surface area contributed by atoms with Gasteiger partial charge in [0.25, 0.3) is 10.0 Å². The minimum Gasteiger partial charge on any atom is -0.494 e. The second-order valence-electron chi connectivity index (χ2n) is 6.06. The number of rotatable bonds is 6. The molecule has 1 fully saturated rings. The molecule has 0 atom stereocenters. The van der Waals surface area contributed by atoms with E-state index in [1.54, 1.807) is 23.6 Å². The van der Waals surface area contributed by atoms with Crippen molar-refractivity contribution in [3.8, 4) is 5.75 Å². The van der Waals surface area contributed by atoms with E-state index in [0.717, 1.165) is 0 Å². The number of hydrogen-bond donors (Lipinski definition) is 1. The maximum absolute atomic E-state index is 12.5. The minimum atomic E-state index is -3.44. The number of piperidine rings is 1. The summed E-state index contributed by atoms with van der Waals surface area (Å²) in [4.78, 5) is 12.5. The molecule has 0 unspecified atom stereocenters. The van der Waals surface area contributed by atoms with Gasteiger partial charge in [0, 0.05) is 30.8 Å². The molecule has 140 valence electrons. The molecule has 0 bridgehead atoms. The van der Waals surface area contributed by atoms with Gasteiger partial charge in [0.05, 0.1) is 6.61 Å². The standard InChI is InChI=1S/C18H22N2O4S2/c1-2-24-16-6-3-5-15(13-16)19-18(21)14-8-10-20(11-9-14)26(22,23)17-7-4-12-25-17/h3-7,12-14H,2,8-11H2,1H3,(H,19,21). The number of ether oxygens (including phenoxy) is 1. The lowest BCUT2D eigenvalue weighted by Crippen LogP contribution is -2.41. The van der Waals surface area contributed by atoms with Crippen LogP contribution in [0.25, 0.3) is 0 Å². The van der Waals surface area contributed by atoms with Crippen LogP contribution in [0.2, 0.25) is 0 Å². The van der Waals surface area contributed by atoms with Crippen LogP contribution in [-0.4, -0.2) is 38.3 Å². The van der Waals surface area contributed by atoms with Gasteiger partial charge in [0.15, 0.2) is 0 Å². The van der Waals surface area contributed by atoms with Crippen LogP contribution in [0.5, 0.6) is 5.75 Å². The lowest BCUT2D eigenvalue weighted by atomic mass is 9.97. The highest BCUT2D eigenvalue weighted by Gasteiger charge is 2.32. The van der Waals surface area contributed by atoms with Crippen LogP contribution in [0.3, 0.4) is 0 Å². The van der Waals surface area contributed by atoms with Crippen LogP contribution in [0.4, 0.5) is 5.69 Å². The second kappa shape index (κ2) is 8.20. The number of sulfonamides is 1. The van der Waals surface area contributed by atoms with Gasteiger partial charge in [-0.15, -0.1) is 11.3 Å². The summed E-state index contributed by atoms with van der Waals surface area (Å²) in [6, 6.07) is 10.6. The zero-order valence-corrected chi connectivity index (χ0v) is 16.2. The summed E-state index contributed by atoms with van der Waals surface area (Å²) in [5.74, 6) is 0.439. The molecule has 0 saturated carbocycles. The van der Waals surface area contributed by atoms with E-state index in [4.69, 9.17) is 4.74 Å². The smallest absolute Gasteiger partial charge is 0.252 e. The average molecular weight is 395 g/mol. The molecule has 2 aromatic rings. The largest absolute Gasteiger partial charge is 0.494 e. The lowest BCUT2D eigenvalue weighted by Gasteiger charge is -2.30. The van der Waals surface area contributed by atoms with Crippen molar-refractivity contribution >= 4 is 33.0 Å². The van der Waals surface area contributed by atoms with E-state index in [0.29, 0.717) is 48.2 Å². The molecule has 1 aromatic heterocycles. The third-order valence-corrected chi connectivity index (χ3v) is 7.60. The molecular weight excluding hydrogens is 372 g/mol. The Bertz CT molecular complexity index is 842. The predicted molar refractivity (Wildman–Crippen MR) is 102 cm³/mol. The molecule has 0 radical (unpaired) electrons. The second-order valence-corrected chi connectivity index (χ2v) is 9.17. The van der Waals surface area contributed by atoms with Gasteiger partial charge in [-0.2, -0.15) is 4.31 Å². The normalized spacial score (nSPS) is 16.3. The Hall–Kier alpha value is -1.90. The van der Waals surface area contributed by atoms with E-state index < -0.39 is 10.0 Å². The SMILES string of the molecule is CCOc1cccc(NC(=O)C2CCN(S(=O)(=O)c3cccs3)CC2)c1. The summed E-state index contributed by atoms with van der Waals surface area (Å²) in [5, 5.41) is 4.66. The monoisotopic (exact) mass is 394 g/mol. The maximum Gasteiger partial charge on any atom is 0.252 e. The number of anilines is 1. The first-order valence-electron chi connectivity index (χ1n) is 8.58. The fourth-order valence-corrected chi connectivity index (χ4v) is 5.58. The molecule has 26 heavy (non-hydrogen) atoms. The summed E-state index contributed by atoms with van der Waals surface area (Å²) in [7, 11) is -3.44. The molecule has 6 nitrogen and oxygen atoms in total. The van der Waals surface area contributed by atoms with Crippen LogP contribution in [-0.2, 0) is 14.8 Å². The number of carbonyl (C=O) groups excluding carboxylic acids is 1. The summed E-state index contributed by atoms with van der Waals surface area (Å²) in [5.41, 5.74) is 0.689. The number of nitrogens with zero attached hydrogens (tertiary/aromatic N) is 1. The molecule has 0 aliphatic carbocycles. The third kappa shape index (κ3) is 4.25. The fraction of sp³-hybridized carbons (Fsp3) is 0.389. The maximum atomic E-state index is 12.5. The zero-order chi connectivity index (χ0) is 18.6. The van der Waals surface area contributed by atoms with Gasteiger partial charge in [-0.05, 0) is 43.3 Å². The van der Waals surface area contributed by atoms with Gasteiger partial charge in [-0.25, -0.2) is 8.42 Å². The van der Waals surface area contributed by atoms with E-state index >= 15 is 0 Å². The first kappa shape index (κ1) is 18.9. The van der Waals surface area contributed by atoms with E-state index in [2.05, 4.69) is 5.32 Å². The number of thiophene rings is 1. The molecule has 3 rings (SSSR count). The lowest BCUT2D eigenvalue weighted by molar-refractivity contribution is -0.120. The number of hydrogen-bond acceptors (Lipinski definition) is 5. The zero-order valence-electron chi connectivity index (χ0n) is 14.6. The number of nitrogens with one attached hydrogen (secondary N) is 1. The highest BCUT2D eigenvalue weighted by Crippen LogP contribution is 2.27. The van der Waals surface area contributed by atoms with Crippen molar-refractivity contribution in [3.63, 3.8) is 0 Å². The van der Waals surface area contributed by atoms with Crippen molar-refractivity contribution in [1.29, 1.82) is 0 Å². The van der Waals surface area contributed by atoms with Gasteiger partial charge in [-0.3, -0.25) is 4.79 Å². The average Bonchev–Trinajstić information content (AvgIpc) is 3.18. The van der Waals surface area contributed by atoms with Crippen LogP contribution < -0.4 is 10.1 Å².